The highest BCUT2D eigenvalue weighted by molar-refractivity contribution is 6.33. The number of carbonyl (C=O) groups is 6. The zero-order chi connectivity index (χ0) is 36.8. The summed E-state index contributed by atoms with van der Waals surface area (Å²) in [5.74, 6) is -4.55. The standard InChI is InChI=1S/C36H41ClN6O7/c1-5-50-30(46)22-43(29(45)19-18-28(44)39-21-23-12-8-6-9-13-23)42-34(48)31(24-14-10-7-11-15-24)40-35(49)32(36(2,3)4)41-33(47)25-16-17-27(38)26(37)20-25/h6-20,31-32H,5,21-22,38H2,1-4H3,(H,39,44)(H,40,49)(H,41,47)(H,42,48)/b19-18+/t31?,32-/m1/s1. The van der Waals surface area contributed by atoms with Gasteiger partial charge in [-0.05, 0) is 41.7 Å². The summed E-state index contributed by atoms with van der Waals surface area (Å²) in [6, 6.07) is 19.0. The van der Waals surface area contributed by atoms with Crippen LogP contribution in [0.5, 0.6) is 0 Å². The number of amides is 5. The topological polar surface area (TPSA) is 189 Å². The molecule has 0 saturated carbocycles. The zero-order valence-electron chi connectivity index (χ0n) is 28.2. The van der Waals surface area contributed by atoms with Crippen LogP contribution in [0.15, 0.2) is 91.0 Å². The number of anilines is 1. The number of nitrogens with one attached hydrogen (secondary N) is 4. The van der Waals surface area contributed by atoms with Crippen LogP contribution in [0.1, 0.15) is 55.2 Å². The fourth-order valence-electron chi connectivity index (χ4n) is 4.52. The van der Waals surface area contributed by atoms with Gasteiger partial charge in [-0.2, -0.15) is 0 Å². The molecule has 0 aliphatic heterocycles. The molecule has 0 radical (unpaired) electrons. The number of nitrogens with zero attached hydrogens (tertiary/aromatic N) is 1. The van der Waals surface area contributed by atoms with Gasteiger partial charge >= 0.3 is 5.97 Å². The lowest BCUT2D eigenvalue weighted by Gasteiger charge is -2.32. The molecular weight excluding hydrogens is 664 g/mol. The van der Waals surface area contributed by atoms with Gasteiger partial charge in [0.2, 0.25) is 11.8 Å². The van der Waals surface area contributed by atoms with Gasteiger partial charge in [0, 0.05) is 24.3 Å². The van der Waals surface area contributed by atoms with Crippen LogP contribution in [-0.4, -0.2) is 59.7 Å². The lowest BCUT2D eigenvalue weighted by atomic mass is 9.85. The Morgan fingerprint density at radius 2 is 1.52 bits per heavy atom. The molecule has 13 nitrogen and oxygen atoms in total. The second-order valence-electron chi connectivity index (χ2n) is 12.1. The Hall–Kier alpha value is -5.69. The average molecular weight is 705 g/mol. The number of carbonyl (C=O) groups excluding carboxylic acids is 6. The Morgan fingerprint density at radius 1 is 0.880 bits per heavy atom. The highest BCUT2D eigenvalue weighted by Gasteiger charge is 2.36. The summed E-state index contributed by atoms with van der Waals surface area (Å²) in [6.07, 6.45) is 1.86. The van der Waals surface area contributed by atoms with Crippen molar-refractivity contribution >= 4 is 52.8 Å². The van der Waals surface area contributed by atoms with E-state index < -0.39 is 59.5 Å². The Balaban J connectivity index is 1.83. The second-order valence-corrected chi connectivity index (χ2v) is 12.5. The minimum atomic E-state index is -1.40. The predicted molar refractivity (Wildman–Crippen MR) is 188 cm³/mol. The minimum absolute atomic E-state index is 0.0116. The number of esters is 1. The average Bonchev–Trinajstić information content (AvgIpc) is 3.08. The van der Waals surface area contributed by atoms with Crippen molar-refractivity contribution in [3.63, 3.8) is 0 Å². The Morgan fingerprint density at radius 3 is 2.12 bits per heavy atom. The molecule has 1 unspecified atom stereocenters. The van der Waals surface area contributed by atoms with Crippen molar-refractivity contribution in [2.24, 2.45) is 5.41 Å². The molecule has 3 aromatic rings. The number of hydrogen-bond acceptors (Lipinski definition) is 8. The molecule has 50 heavy (non-hydrogen) atoms. The van der Waals surface area contributed by atoms with Crippen LogP contribution in [0, 0.1) is 5.41 Å². The van der Waals surface area contributed by atoms with E-state index in [9.17, 15) is 28.8 Å². The van der Waals surface area contributed by atoms with Crippen LogP contribution in [0.4, 0.5) is 5.69 Å². The van der Waals surface area contributed by atoms with Crippen LogP contribution in [-0.2, 0) is 35.3 Å². The number of hydrogen-bond donors (Lipinski definition) is 5. The third kappa shape index (κ3) is 11.8. The van der Waals surface area contributed by atoms with Gasteiger partial charge in [-0.25, -0.2) is 5.01 Å². The SMILES string of the molecule is CCOC(=O)CN(NC(=O)C(NC(=O)[C@@H](NC(=O)c1ccc(N)c(Cl)c1)C(C)(C)C)c1ccccc1)C(=O)/C=C/C(=O)NCc1ccccc1. The molecule has 0 bridgehead atoms. The van der Waals surface area contributed by atoms with E-state index in [-0.39, 0.29) is 29.4 Å². The molecule has 5 amide bonds. The van der Waals surface area contributed by atoms with Crippen molar-refractivity contribution in [2.75, 3.05) is 18.9 Å². The number of rotatable bonds is 13. The normalized spacial score (nSPS) is 12.3. The quantitative estimate of drug-likeness (QED) is 0.0776. The van der Waals surface area contributed by atoms with Gasteiger partial charge in [0.05, 0.1) is 17.3 Å². The first-order valence-electron chi connectivity index (χ1n) is 15.7. The summed E-state index contributed by atoms with van der Waals surface area (Å²) in [5, 5.41) is 8.87. The summed E-state index contributed by atoms with van der Waals surface area (Å²) in [6.45, 7) is 6.29. The molecule has 6 N–H and O–H groups in total. The molecule has 3 aromatic carbocycles. The molecule has 264 valence electrons. The van der Waals surface area contributed by atoms with Crippen LogP contribution in [0.3, 0.4) is 0 Å². The Kier molecular flexibility index (Phi) is 14.1. The lowest BCUT2D eigenvalue weighted by molar-refractivity contribution is -0.152. The first-order chi connectivity index (χ1) is 23.7. The third-order valence-electron chi connectivity index (χ3n) is 7.14. The van der Waals surface area contributed by atoms with Crippen molar-refractivity contribution in [2.45, 2.75) is 46.3 Å². The first-order valence-corrected chi connectivity index (χ1v) is 16.1. The maximum absolute atomic E-state index is 13.8. The molecule has 0 spiro atoms. The third-order valence-corrected chi connectivity index (χ3v) is 7.47. The first kappa shape index (κ1) is 38.8. The van der Waals surface area contributed by atoms with Gasteiger partial charge in [0.25, 0.3) is 17.7 Å². The second kappa shape index (κ2) is 18.2. The van der Waals surface area contributed by atoms with E-state index in [1.54, 1.807) is 58.0 Å². The highest BCUT2D eigenvalue weighted by atomic mass is 35.5. The smallest absolute Gasteiger partial charge is 0.327 e. The number of nitrogen functional groups attached to an aromatic ring is 1. The molecule has 0 aliphatic rings. The fraction of sp³-hybridized carbons (Fsp3) is 0.278. The van der Waals surface area contributed by atoms with Crippen LogP contribution < -0.4 is 27.1 Å². The molecular formula is C36H41ClN6O7. The van der Waals surface area contributed by atoms with Gasteiger partial charge in [0.1, 0.15) is 18.6 Å². The van der Waals surface area contributed by atoms with Crippen molar-refractivity contribution in [3.05, 3.63) is 113 Å². The molecule has 2 atom stereocenters. The summed E-state index contributed by atoms with van der Waals surface area (Å²) in [7, 11) is 0. The van der Waals surface area contributed by atoms with E-state index in [4.69, 9.17) is 22.1 Å². The van der Waals surface area contributed by atoms with Gasteiger partial charge in [-0.15, -0.1) is 0 Å². The van der Waals surface area contributed by atoms with E-state index in [0.29, 0.717) is 10.6 Å². The van der Waals surface area contributed by atoms with Crippen molar-refractivity contribution < 1.29 is 33.5 Å². The minimum Gasteiger partial charge on any atom is -0.465 e. The van der Waals surface area contributed by atoms with E-state index in [1.165, 1.54) is 18.2 Å². The molecule has 14 heteroatoms. The molecule has 0 saturated heterocycles. The van der Waals surface area contributed by atoms with Gasteiger partial charge in [-0.3, -0.25) is 34.2 Å². The summed E-state index contributed by atoms with van der Waals surface area (Å²) in [5.41, 5.74) is 8.93. The van der Waals surface area contributed by atoms with Gasteiger partial charge in [0.15, 0.2) is 0 Å². The van der Waals surface area contributed by atoms with Crippen molar-refractivity contribution in [3.8, 4) is 0 Å². The Labute approximate surface area is 295 Å². The van der Waals surface area contributed by atoms with Crippen LogP contribution >= 0.6 is 11.6 Å². The number of ether oxygens (including phenoxy) is 1. The Bertz CT molecular complexity index is 1710. The predicted octanol–water partition coefficient (Wildman–Crippen LogP) is 3.22. The molecule has 0 heterocycles. The number of nitrogens with two attached hydrogens (primary N) is 1. The number of benzene rings is 3. The van der Waals surface area contributed by atoms with Crippen molar-refractivity contribution in [1.82, 2.24) is 26.4 Å². The summed E-state index contributed by atoms with van der Waals surface area (Å²) in [4.78, 5) is 78.9. The number of hydrazine groups is 1. The maximum Gasteiger partial charge on any atom is 0.327 e. The zero-order valence-corrected chi connectivity index (χ0v) is 29.0. The fourth-order valence-corrected chi connectivity index (χ4v) is 4.70. The summed E-state index contributed by atoms with van der Waals surface area (Å²) >= 11 is 6.09. The van der Waals surface area contributed by atoms with Gasteiger partial charge < -0.3 is 26.4 Å². The molecule has 0 aliphatic carbocycles. The molecule has 0 aromatic heterocycles. The molecule has 3 rings (SSSR count). The van der Waals surface area contributed by atoms with Crippen LogP contribution in [0.25, 0.3) is 0 Å². The summed E-state index contributed by atoms with van der Waals surface area (Å²) < 4.78 is 4.97. The van der Waals surface area contributed by atoms with Gasteiger partial charge in [-0.1, -0.05) is 93.0 Å². The van der Waals surface area contributed by atoms with Crippen LogP contribution in [0.2, 0.25) is 5.02 Å². The van der Waals surface area contributed by atoms with Crippen molar-refractivity contribution in [1.29, 1.82) is 0 Å². The number of halogens is 1. The largest absolute Gasteiger partial charge is 0.465 e. The van der Waals surface area contributed by atoms with E-state index >= 15 is 0 Å². The molecule has 0 fully saturated rings. The highest BCUT2D eigenvalue weighted by Crippen LogP contribution is 2.24. The van der Waals surface area contributed by atoms with E-state index in [2.05, 4.69) is 21.4 Å². The van der Waals surface area contributed by atoms with E-state index in [1.807, 2.05) is 30.3 Å². The monoisotopic (exact) mass is 704 g/mol. The van der Waals surface area contributed by atoms with E-state index in [0.717, 1.165) is 17.7 Å². The lowest BCUT2D eigenvalue weighted by Crippen LogP contribution is -2.57. The maximum atomic E-state index is 13.8.